The Morgan fingerprint density at radius 2 is 0.713 bits per heavy atom. The summed E-state index contributed by atoms with van der Waals surface area (Å²) in [5.74, 6) is 9.02. The summed E-state index contributed by atoms with van der Waals surface area (Å²) < 4.78 is 4.24. The normalized spacial score (nSPS) is 12.0. The lowest BCUT2D eigenvalue weighted by Gasteiger charge is -2.25. The molecule has 2 aliphatic heterocycles. The molecule has 8 bridgehead atoms. The molecule has 2 N–H and O–H groups in total. The van der Waals surface area contributed by atoms with Crippen LogP contribution in [0.15, 0.2) is 237 Å². The summed E-state index contributed by atoms with van der Waals surface area (Å²) in [4.78, 5) is 30.6. The maximum Gasteiger partial charge on any atom is 0.133 e. The Morgan fingerprint density at radius 3 is 1.15 bits per heavy atom. The molecule has 15 rings (SSSR count). The Balaban J connectivity index is 0.838. The minimum absolute atomic E-state index is 0.755. The zero-order valence-electron chi connectivity index (χ0n) is 47.8. The van der Waals surface area contributed by atoms with Crippen LogP contribution in [0.5, 0.6) is 0 Å². The molecule has 5 aromatic heterocycles. The molecule has 87 heavy (non-hydrogen) atoms. The van der Waals surface area contributed by atoms with Gasteiger partial charge in [-0.3, -0.25) is 0 Å². The smallest absolute Gasteiger partial charge is 0.133 e. The van der Waals surface area contributed by atoms with Crippen LogP contribution in [0.3, 0.4) is 0 Å². The van der Waals surface area contributed by atoms with Crippen LogP contribution in [-0.4, -0.2) is 39.0 Å². The van der Waals surface area contributed by atoms with E-state index in [1.165, 1.54) is 0 Å². The quantitative estimate of drug-likeness (QED) is 0.133. The lowest BCUT2D eigenvalue weighted by Crippen LogP contribution is -2.09. The van der Waals surface area contributed by atoms with Crippen molar-refractivity contribution < 1.29 is 0 Å². The van der Waals surface area contributed by atoms with E-state index < -0.39 is 0 Å². The van der Waals surface area contributed by atoms with E-state index in [-0.39, 0.29) is 0 Å². The van der Waals surface area contributed by atoms with Gasteiger partial charge in [-0.15, -0.1) is 0 Å². The summed E-state index contributed by atoms with van der Waals surface area (Å²) in [6.45, 7) is 0. The van der Waals surface area contributed by atoms with E-state index in [1.54, 1.807) is 0 Å². The molecule has 9 heteroatoms. The number of nitrogens with one attached hydrogen (secondary N) is 2. The highest BCUT2D eigenvalue weighted by molar-refractivity contribution is 5.98. The summed E-state index contributed by atoms with van der Waals surface area (Å²) in [5, 5.41) is 0. The number of H-pyrrole nitrogens is 2. The third-order valence-electron chi connectivity index (χ3n) is 16.2. The molecule has 0 fully saturated rings. The maximum absolute atomic E-state index is 5.45. The standard InChI is InChI=1S/C78H55N9/c1-85-72-24-14-12-22-64(72)83-74(85)50-33-53-28-37-59(38-29-53)87(60-39-30-54(31-40-60)34-51-75-84-65-23-13-15-25-73(65)86(75)2)58-35-26-52(27-36-58)32-41-61-62-42-44-66(79-62)76(55-16-6-3-7-17-55)68-46-48-70(81-68)78(57-20-10-5-11-21-57)71-49-47-69(82-71)77(56-18-8-4-9-19-56)67-45-43-63(61)80-67/h3-31,33-40,42-51,79,82H,1-2H3/b50-33+,51-34+,62-61?,63-61?,76-66?,76-68?,77-67?,77-69?,78-70?,78-71?. The van der Waals surface area contributed by atoms with Crippen LogP contribution in [-0.2, 0) is 14.1 Å². The first-order valence-electron chi connectivity index (χ1n) is 29.1. The third-order valence-corrected chi connectivity index (χ3v) is 16.2. The first-order chi connectivity index (χ1) is 42.9. The monoisotopic (exact) mass is 1120 g/mol. The van der Waals surface area contributed by atoms with Crippen molar-refractivity contribution in [1.82, 2.24) is 39.0 Å². The number of hydrogen-bond donors (Lipinski definition) is 2. The molecule has 13 aromatic rings. The number of benzene rings is 8. The number of hydrogen-bond acceptors (Lipinski definition) is 5. The van der Waals surface area contributed by atoms with Crippen LogP contribution in [0, 0.1) is 11.8 Å². The minimum atomic E-state index is 0.755. The summed E-state index contributed by atoms with van der Waals surface area (Å²) in [7, 11) is 4.11. The molecule has 0 unspecified atom stereocenters. The molecule has 0 radical (unpaired) electrons. The number of aromatic nitrogens is 8. The van der Waals surface area contributed by atoms with Gasteiger partial charge in [0.2, 0.25) is 0 Å². The summed E-state index contributed by atoms with van der Waals surface area (Å²) in [6.07, 6.45) is 16.8. The number of imidazole rings is 2. The zero-order chi connectivity index (χ0) is 58.2. The van der Waals surface area contributed by atoms with E-state index in [1.807, 2.05) is 54.6 Å². The molecule has 2 aliphatic rings. The van der Waals surface area contributed by atoms with Gasteiger partial charge in [0.15, 0.2) is 0 Å². The maximum atomic E-state index is 5.45. The molecule has 0 spiro atoms. The first kappa shape index (κ1) is 52.0. The van der Waals surface area contributed by atoms with Gasteiger partial charge in [-0.05, 0) is 161 Å². The van der Waals surface area contributed by atoms with E-state index in [0.29, 0.717) is 0 Å². The van der Waals surface area contributed by atoms with Crippen LogP contribution in [0.4, 0.5) is 17.1 Å². The fraction of sp³-hybridized carbons (Fsp3) is 0.0256. The number of aryl methyl sites for hydroxylation is 2. The van der Waals surface area contributed by atoms with E-state index in [2.05, 4.69) is 281 Å². The molecule has 0 saturated heterocycles. The second kappa shape index (κ2) is 22.4. The lowest BCUT2D eigenvalue weighted by molar-refractivity contribution is 0.930. The van der Waals surface area contributed by atoms with Crippen LogP contribution in [0.1, 0.15) is 56.7 Å². The second-order valence-corrected chi connectivity index (χ2v) is 21.6. The van der Waals surface area contributed by atoms with Crippen molar-refractivity contribution >= 4 is 110 Å². The fourth-order valence-electron chi connectivity index (χ4n) is 11.8. The van der Waals surface area contributed by atoms with Gasteiger partial charge in [-0.25, -0.2) is 19.9 Å². The van der Waals surface area contributed by atoms with E-state index >= 15 is 0 Å². The molecular weight excluding hydrogens is 1060 g/mol. The average Bonchev–Trinajstić information content (AvgIpc) is 2.83. The number of para-hydroxylation sites is 4. The number of fused-ring (bicyclic) bond motifs is 10. The number of nitrogens with zero attached hydrogens (tertiary/aromatic N) is 7. The summed E-state index contributed by atoms with van der Waals surface area (Å²) >= 11 is 0. The SMILES string of the molecule is Cn1c(/C=C/c2ccc(N(c3ccc(C#Cc4c5nc(c(-c6ccccc6)c6ccc([nH]6)c(-c6ccccc6)c6nc(c(-c7ccccc7)c7ccc4[nH]7)C=C6)C=C5)cc3)c3ccc(/C=C/c4nc5ccccc5n4C)cc3)cc2)nc2ccccc21. The van der Waals surface area contributed by atoms with Crippen molar-refractivity contribution in [3.05, 3.63) is 293 Å². The number of aromatic amines is 2. The van der Waals surface area contributed by atoms with E-state index in [0.717, 1.165) is 151 Å². The molecule has 8 aromatic carbocycles. The highest BCUT2D eigenvalue weighted by Crippen LogP contribution is 2.39. The molecule has 0 aliphatic carbocycles. The molecule has 7 heterocycles. The molecular formula is C78H55N9. The Labute approximate surface area is 503 Å². The Bertz CT molecular complexity index is 4970. The molecule has 412 valence electrons. The first-order valence-corrected chi connectivity index (χ1v) is 29.1. The van der Waals surface area contributed by atoms with Crippen LogP contribution in [0.2, 0.25) is 0 Å². The summed E-state index contributed by atoms with van der Waals surface area (Å²) in [6, 6.07) is 82.2. The predicted molar refractivity (Wildman–Crippen MR) is 362 cm³/mol. The molecule has 9 nitrogen and oxygen atoms in total. The van der Waals surface area contributed by atoms with Crippen LogP contribution >= 0.6 is 0 Å². The van der Waals surface area contributed by atoms with Gasteiger partial charge in [0.1, 0.15) is 11.6 Å². The van der Waals surface area contributed by atoms with Gasteiger partial charge in [-0.2, -0.15) is 0 Å². The largest absolute Gasteiger partial charge is 0.354 e. The van der Waals surface area contributed by atoms with Crippen molar-refractivity contribution in [1.29, 1.82) is 0 Å². The van der Waals surface area contributed by atoms with Gasteiger partial charge in [-0.1, -0.05) is 164 Å². The predicted octanol–water partition coefficient (Wildman–Crippen LogP) is 18.6. The Kier molecular flexibility index (Phi) is 13.4. The summed E-state index contributed by atoms with van der Waals surface area (Å²) in [5.41, 5.74) is 24.0. The molecule has 0 amide bonds. The van der Waals surface area contributed by atoms with E-state index in [4.69, 9.17) is 19.9 Å². The highest BCUT2D eigenvalue weighted by atomic mass is 15.1. The zero-order valence-corrected chi connectivity index (χ0v) is 47.8. The lowest BCUT2D eigenvalue weighted by atomic mass is 10.0. The number of anilines is 3. The van der Waals surface area contributed by atoms with Gasteiger partial charge in [0.25, 0.3) is 0 Å². The Hall–Kier alpha value is -11.9. The third kappa shape index (κ3) is 10.1. The van der Waals surface area contributed by atoms with Gasteiger partial charge in [0.05, 0.1) is 55.9 Å². The Morgan fingerprint density at radius 1 is 0.345 bits per heavy atom. The van der Waals surface area contributed by atoms with E-state index in [9.17, 15) is 0 Å². The minimum Gasteiger partial charge on any atom is -0.354 e. The van der Waals surface area contributed by atoms with Crippen LogP contribution in [0.25, 0.3) is 126 Å². The average molecular weight is 1120 g/mol. The van der Waals surface area contributed by atoms with Gasteiger partial charge < -0.3 is 24.0 Å². The molecule has 0 saturated carbocycles. The highest BCUT2D eigenvalue weighted by Gasteiger charge is 2.19. The van der Waals surface area contributed by atoms with Crippen LogP contribution < -0.4 is 4.90 Å². The van der Waals surface area contributed by atoms with Crippen molar-refractivity contribution in [3.8, 4) is 45.2 Å². The van der Waals surface area contributed by atoms with Crippen molar-refractivity contribution in [2.24, 2.45) is 14.1 Å². The van der Waals surface area contributed by atoms with Gasteiger partial charge >= 0.3 is 0 Å². The van der Waals surface area contributed by atoms with Crippen molar-refractivity contribution in [2.75, 3.05) is 4.90 Å². The topological polar surface area (TPSA) is 96.2 Å². The van der Waals surface area contributed by atoms with Gasteiger partial charge in [0, 0.05) is 70.0 Å². The van der Waals surface area contributed by atoms with Crippen molar-refractivity contribution in [2.45, 2.75) is 0 Å². The molecule has 0 atom stereocenters. The van der Waals surface area contributed by atoms with Crippen molar-refractivity contribution in [3.63, 3.8) is 0 Å². The number of rotatable bonds is 10. The fourth-order valence-corrected chi connectivity index (χ4v) is 11.8. The second-order valence-electron chi connectivity index (χ2n) is 21.6.